The maximum Gasteiger partial charge on any atom is 0.346 e. The van der Waals surface area contributed by atoms with Crippen LogP contribution in [0.25, 0.3) is 0 Å². The van der Waals surface area contributed by atoms with Gasteiger partial charge in [0, 0.05) is 6.20 Å². The second-order valence-electron chi connectivity index (χ2n) is 2.32. The number of nitrogens with one attached hydrogen (secondary N) is 1. The lowest BCUT2D eigenvalue weighted by Gasteiger charge is -2.03. The molecule has 0 rings (SSSR count). The molecule has 2 N–H and O–H groups in total. The number of carboxylic acids is 1. The van der Waals surface area contributed by atoms with E-state index in [1.807, 2.05) is 0 Å². The molecule has 0 spiro atoms. The maximum absolute atomic E-state index is 11.0. The van der Waals surface area contributed by atoms with E-state index in [0.29, 0.717) is 0 Å². The molecule has 0 saturated carbocycles. The van der Waals surface area contributed by atoms with Gasteiger partial charge in [0.25, 0.3) is 0 Å². The van der Waals surface area contributed by atoms with Crippen molar-refractivity contribution in [2.24, 2.45) is 0 Å². The van der Waals surface area contributed by atoms with Crippen LogP contribution in [0.4, 0.5) is 0 Å². The van der Waals surface area contributed by atoms with Crippen LogP contribution in [-0.2, 0) is 23.9 Å². The van der Waals surface area contributed by atoms with Gasteiger partial charge in [0.05, 0.1) is 14.2 Å². The number of aliphatic carboxylic acids is 1. The molecule has 0 saturated heterocycles. The van der Waals surface area contributed by atoms with E-state index < -0.39 is 30.0 Å². The van der Waals surface area contributed by atoms with Gasteiger partial charge in [0.2, 0.25) is 0 Å². The first kappa shape index (κ1) is 12.9. The van der Waals surface area contributed by atoms with Gasteiger partial charge in [-0.3, -0.25) is 4.79 Å². The highest BCUT2D eigenvalue weighted by Crippen LogP contribution is 1.98. The molecule has 0 aromatic carbocycles. The van der Waals surface area contributed by atoms with E-state index in [9.17, 15) is 14.4 Å². The number of carbonyl (C=O) groups excluding carboxylic acids is 2. The summed E-state index contributed by atoms with van der Waals surface area (Å²) < 4.78 is 8.59. The number of carboxylic acid groups (broad SMARTS) is 1. The van der Waals surface area contributed by atoms with Gasteiger partial charge < -0.3 is 19.9 Å². The lowest BCUT2D eigenvalue weighted by molar-refractivity contribution is -0.144. The lowest BCUT2D eigenvalue weighted by atomic mass is 10.3. The Balaban J connectivity index is 4.55. The van der Waals surface area contributed by atoms with Crippen LogP contribution in [0.5, 0.6) is 0 Å². The first-order chi connectivity index (χ1) is 7.02. The Morgan fingerprint density at radius 3 is 2.00 bits per heavy atom. The third-order valence-corrected chi connectivity index (χ3v) is 1.31. The second kappa shape index (κ2) is 6.41. The molecule has 0 aliphatic heterocycles. The third-order valence-electron chi connectivity index (χ3n) is 1.31. The number of hydrogen-bond donors (Lipinski definition) is 2. The summed E-state index contributed by atoms with van der Waals surface area (Å²) in [4.78, 5) is 32.2. The molecule has 0 aliphatic carbocycles. The highest BCUT2D eigenvalue weighted by atomic mass is 16.5. The van der Waals surface area contributed by atoms with Crippen molar-refractivity contribution >= 4 is 17.9 Å². The van der Waals surface area contributed by atoms with Crippen LogP contribution in [0.1, 0.15) is 0 Å². The van der Waals surface area contributed by atoms with Crippen molar-refractivity contribution in [2.45, 2.75) is 0 Å². The molecule has 0 aromatic rings. The number of methoxy groups -OCH3 is 2. The quantitative estimate of drug-likeness (QED) is 0.260. The Bertz CT molecular complexity index is 278. The minimum Gasteiger partial charge on any atom is -0.480 e. The van der Waals surface area contributed by atoms with Crippen molar-refractivity contribution in [2.75, 3.05) is 20.8 Å². The van der Waals surface area contributed by atoms with Gasteiger partial charge >= 0.3 is 17.9 Å². The van der Waals surface area contributed by atoms with Crippen molar-refractivity contribution in [1.29, 1.82) is 0 Å². The topological polar surface area (TPSA) is 102 Å². The van der Waals surface area contributed by atoms with Gasteiger partial charge in [-0.2, -0.15) is 0 Å². The Hall–Kier alpha value is -2.05. The van der Waals surface area contributed by atoms with Crippen LogP contribution in [0, 0.1) is 0 Å². The van der Waals surface area contributed by atoms with Crippen molar-refractivity contribution in [3.8, 4) is 0 Å². The second-order valence-corrected chi connectivity index (χ2v) is 2.32. The molecule has 0 aromatic heterocycles. The standard InChI is InChI=1S/C8H11NO6/c1-14-7(12)5(8(13)15-2)3-9-4-6(10)11/h3,9H,4H2,1-2H3,(H,10,11). The summed E-state index contributed by atoms with van der Waals surface area (Å²) in [5.41, 5.74) is -0.402. The molecule has 0 aliphatic rings. The average Bonchev–Trinajstić information content (AvgIpc) is 2.22. The van der Waals surface area contributed by atoms with E-state index in [1.54, 1.807) is 0 Å². The van der Waals surface area contributed by atoms with Crippen molar-refractivity contribution in [3.05, 3.63) is 11.8 Å². The molecule has 84 valence electrons. The van der Waals surface area contributed by atoms with Crippen LogP contribution >= 0.6 is 0 Å². The normalized spacial score (nSPS) is 8.67. The molecule has 7 heteroatoms. The van der Waals surface area contributed by atoms with Crippen molar-refractivity contribution in [1.82, 2.24) is 5.32 Å². The third kappa shape index (κ3) is 4.65. The predicted molar refractivity (Wildman–Crippen MR) is 47.8 cm³/mol. The van der Waals surface area contributed by atoms with E-state index in [2.05, 4.69) is 14.8 Å². The highest BCUT2D eigenvalue weighted by Gasteiger charge is 2.19. The smallest absolute Gasteiger partial charge is 0.346 e. The number of ether oxygens (including phenoxy) is 2. The van der Waals surface area contributed by atoms with Crippen LogP contribution in [0.2, 0.25) is 0 Å². The van der Waals surface area contributed by atoms with E-state index in [1.165, 1.54) is 0 Å². The molecular weight excluding hydrogens is 206 g/mol. The lowest BCUT2D eigenvalue weighted by Crippen LogP contribution is -2.22. The van der Waals surface area contributed by atoms with Gasteiger partial charge in [-0.05, 0) is 0 Å². The van der Waals surface area contributed by atoms with Crippen LogP contribution in [0.3, 0.4) is 0 Å². The summed E-state index contributed by atoms with van der Waals surface area (Å²) in [6.45, 7) is -0.419. The Morgan fingerprint density at radius 2 is 1.67 bits per heavy atom. The summed E-state index contributed by atoms with van der Waals surface area (Å²) >= 11 is 0. The minimum atomic E-state index is -1.12. The largest absolute Gasteiger partial charge is 0.480 e. The first-order valence-electron chi connectivity index (χ1n) is 3.85. The molecule has 15 heavy (non-hydrogen) atoms. The fourth-order valence-corrected chi connectivity index (χ4v) is 0.662. The molecule has 0 unspecified atom stereocenters. The first-order valence-corrected chi connectivity index (χ1v) is 3.85. The van der Waals surface area contributed by atoms with Gasteiger partial charge in [-0.1, -0.05) is 0 Å². The van der Waals surface area contributed by atoms with Crippen LogP contribution in [0.15, 0.2) is 11.8 Å². The van der Waals surface area contributed by atoms with Gasteiger partial charge in [0.15, 0.2) is 5.57 Å². The number of carbonyl (C=O) groups is 3. The molecule has 0 fully saturated rings. The van der Waals surface area contributed by atoms with E-state index in [0.717, 1.165) is 20.4 Å². The van der Waals surface area contributed by atoms with E-state index in [-0.39, 0.29) is 0 Å². The zero-order valence-electron chi connectivity index (χ0n) is 8.27. The SMILES string of the molecule is COC(=O)C(=CNCC(=O)O)C(=O)OC. The van der Waals surface area contributed by atoms with Crippen molar-refractivity contribution < 1.29 is 29.0 Å². The summed E-state index contributed by atoms with van der Waals surface area (Å²) in [6.07, 6.45) is 0.936. The molecular formula is C8H11NO6. The number of rotatable bonds is 5. The summed E-state index contributed by atoms with van der Waals surface area (Å²) in [5.74, 6) is -2.93. The van der Waals surface area contributed by atoms with E-state index in [4.69, 9.17) is 5.11 Å². The fraction of sp³-hybridized carbons (Fsp3) is 0.375. The van der Waals surface area contributed by atoms with Gasteiger partial charge in [0.1, 0.15) is 6.54 Å². The monoisotopic (exact) mass is 217 g/mol. The molecule has 0 heterocycles. The Labute approximate surface area is 85.7 Å². The van der Waals surface area contributed by atoms with E-state index >= 15 is 0 Å². The summed E-state index contributed by atoms with van der Waals surface area (Å²) in [6, 6.07) is 0. The van der Waals surface area contributed by atoms with Crippen molar-refractivity contribution in [3.63, 3.8) is 0 Å². The van der Waals surface area contributed by atoms with Gasteiger partial charge in [-0.15, -0.1) is 0 Å². The molecule has 7 nitrogen and oxygen atoms in total. The maximum atomic E-state index is 11.0. The summed E-state index contributed by atoms with van der Waals surface area (Å²) in [7, 11) is 2.19. The summed E-state index contributed by atoms with van der Waals surface area (Å²) in [5, 5.41) is 10.5. The molecule has 0 bridgehead atoms. The van der Waals surface area contributed by atoms with Crippen LogP contribution < -0.4 is 5.32 Å². The van der Waals surface area contributed by atoms with Gasteiger partial charge in [-0.25, -0.2) is 9.59 Å². The zero-order valence-corrected chi connectivity index (χ0v) is 8.27. The Kier molecular flexibility index (Phi) is 5.53. The highest BCUT2D eigenvalue weighted by molar-refractivity contribution is 6.13. The molecule has 0 radical (unpaired) electrons. The number of esters is 2. The van der Waals surface area contributed by atoms with Crippen LogP contribution in [-0.4, -0.2) is 43.8 Å². The predicted octanol–water partition coefficient (Wildman–Crippen LogP) is -1.11. The molecule has 0 amide bonds. The Morgan fingerprint density at radius 1 is 1.20 bits per heavy atom. The minimum absolute atomic E-state index is 0.402. The number of hydrogen-bond acceptors (Lipinski definition) is 6. The zero-order chi connectivity index (χ0) is 11.8. The fourth-order valence-electron chi connectivity index (χ4n) is 0.662. The average molecular weight is 217 g/mol. The molecule has 0 atom stereocenters.